The molecule has 1 aliphatic heterocycles. The van der Waals surface area contributed by atoms with Crippen molar-refractivity contribution in [2.45, 2.75) is 52.1 Å². The second-order valence-electron chi connectivity index (χ2n) is 7.83. The zero-order valence-electron chi connectivity index (χ0n) is 17.0. The van der Waals surface area contributed by atoms with Gasteiger partial charge in [-0.05, 0) is 24.2 Å². The normalized spacial score (nSPS) is 17.6. The van der Waals surface area contributed by atoms with E-state index in [0.29, 0.717) is 15.5 Å². The van der Waals surface area contributed by atoms with Crippen molar-refractivity contribution in [3.8, 4) is 5.19 Å². The molecule has 0 atom stereocenters. The third-order valence-electron chi connectivity index (χ3n) is 5.26. The first-order chi connectivity index (χ1) is 14.5. The molecule has 1 saturated heterocycles. The minimum absolute atomic E-state index is 0.0262. The molecule has 0 aromatic carbocycles. The summed E-state index contributed by atoms with van der Waals surface area (Å²) in [5.74, 6) is -0.0248. The Bertz CT molecular complexity index is 888. The lowest BCUT2D eigenvalue weighted by Crippen LogP contribution is -2.38. The van der Waals surface area contributed by atoms with Gasteiger partial charge in [0.2, 0.25) is 27.2 Å². The Labute approximate surface area is 182 Å². The van der Waals surface area contributed by atoms with Crippen LogP contribution in [0.15, 0.2) is 0 Å². The van der Waals surface area contributed by atoms with Crippen LogP contribution in [0.4, 0.5) is 15.4 Å². The number of anilines is 3. The molecule has 30 heavy (non-hydrogen) atoms. The molecule has 0 bridgehead atoms. The molecule has 12 heteroatoms. The molecule has 0 unspecified atom stereocenters. The molecule has 2 aliphatic rings. The number of piperidine rings is 1. The highest BCUT2D eigenvalue weighted by atomic mass is 32.1. The standard InChI is InChI=1S/C18H25N7O3S2/c1-10(2)13(26)19-15-21-23-17(29-15)25-8-6-12(7-9-25)28-18-24-22-16(30-18)20-14(27)11-4-3-5-11/h10-12H,3-9H2,1-2H3,(H,19,21,26)(H,20,22,27). The first-order valence-electron chi connectivity index (χ1n) is 10.2. The fourth-order valence-corrected chi connectivity index (χ4v) is 4.60. The van der Waals surface area contributed by atoms with Crippen molar-refractivity contribution in [2.75, 3.05) is 28.6 Å². The third-order valence-corrected chi connectivity index (χ3v) is 6.89. The minimum atomic E-state index is -0.0994. The van der Waals surface area contributed by atoms with Gasteiger partial charge in [-0.3, -0.25) is 9.59 Å². The first kappa shape index (κ1) is 20.9. The van der Waals surface area contributed by atoms with Gasteiger partial charge in [-0.1, -0.05) is 36.7 Å². The molecule has 0 spiro atoms. The fraction of sp³-hybridized carbons (Fsp3) is 0.667. The summed E-state index contributed by atoms with van der Waals surface area (Å²) in [6.45, 7) is 5.24. The molecule has 1 saturated carbocycles. The highest BCUT2D eigenvalue weighted by Crippen LogP contribution is 2.31. The van der Waals surface area contributed by atoms with Crippen molar-refractivity contribution < 1.29 is 14.3 Å². The third kappa shape index (κ3) is 5.04. The van der Waals surface area contributed by atoms with Crippen LogP contribution in [-0.2, 0) is 9.59 Å². The molecule has 2 aromatic heterocycles. The Morgan fingerprint density at radius 1 is 1.00 bits per heavy atom. The summed E-state index contributed by atoms with van der Waals surface area (Å²) in [5, 5.41) is 24.2. The second kappa shape index (κ2) is 9.21. The quantitative estimate of drug-likeness (QED) is 0.659. The Morgan fingerprint density at radius 2 is 1.70 bits per heavy atom. The van der Waals surface area contributed by atoms with Gasteiger partial charge in [0.15, 0.2) is 0 Å². The smallest absolute Gasteiger partial charge is 0.296 e. The van der Waals surface area contributed by atoms with Crippen LogP contribution in [0.25, 0.3) is 0 Å². The van der Waals surface area contributed by atoms with Gasteiger partial charge in [0.05, 0.1) is 0 Å². The summed E-state index contributed by atoms with van der Waals surface area (Å²) in [4.78, 5) is 25.9. The second-order valence-corrected chi connectivity index (χ2v) is 9.72. The first-order valence-corrected chi connectivity index (χ1v) is 11.8. The number of ether oxygens (including phenoxy) is 1. The lowest BCUT2D eigenvalue weighted by atomic mass is 9.85. The lowest BCUT2D eigenvalue weighted by molar-refractivity contribution is -0.122. The Kier molecular flexibility index (Phi) is 6.42. The van der Waals surface area contributed by atoms with Crippen LogP contribution >= 0.6 is 22.7 Å². The van der Waals surface area contributed by atoms with Crippen LogP contribution in [0.3, 0.4) is 0 Å². The molecule has 0 radical (unpaired) electrons. The van der Waals surface area contributed by atoms with Crippen molar-refractivity contribution in [3.63, 3.8) is 0 Å². The Balaban J connectivity index is 1.24. The number of carbonyl (C=O) groups excluding carboxylic acids is 2. The van der Waals surface area contributed by atoms with E-state index in [2.05, 4.69) is 35.9 Å². The van der Waals surface area contributed by atoms with Crippen LogP contribution in [-0.4, -0.2) is 51.4 Å². The summed E-state index contributed by atoms with van der Waals surface area (Å²) >= 11 is 2.64. The van der Waals surface area contributed by atoms with E-state index in [1.807, 2.05) is 13.8 Å². The van der Waals surface area contributed by atoms with Crippen molar-refractivity contribution in [1.82, 2.24) is 20.4 Å². The highest BCUT2D eigenvalue weighted by molar-refractivity contribution is 7.19. The molecule has 2 aromatic rings. The average molecular weight is 452 g/mol. The van der Waals surface area contributed by atoms with Crippen molar-refractivity contribution in [1.29, 1.82) is 0 Å². The number of rotatable bonds is 7. The van der Waals surface area contributed by atoms with Gasteiger partial charge in [0.1, 0.15) is 6.10 Å². The molecule has 162 valence electrons. The van der Waals surface area contributed by atoms with Gasteiger partial charge < -0.3 is 20.3 Å². The van der Waals surface area contributed by atoms with Gasteiger partial charge in [-0.15, -0.1) is 15.3 Å². The Morgan fingerprint density at radius 3 is 2.37 bits per heavy atom. The maximum absolute atomic E-state index is 12.0. The van der Waals surface area contributed by atoms with E-state index in [0.717, 1.165) is 50.3 Å². The number of aromatic nitrogens is 4. The number of nitrogens with zero attached hydrogens (tertiary/aromatic N) is 5. The number of hydrogen-bond acceptors (Lipinski definition) is 10. The van der Waals surface area contributed by atoms with E-state index < -0.39 is 0 Å². The number of amides is 2. The van der Waals surface area contributed by atoms with Crippen molar-refractivity contribution >= 4 is 49.9 Å². The zero-order chi connectivity index (χ0) is 21.1. The number of hydrogen-bond donors (Lipinski definition) is 2. The summed E-state index contributed by atoms with van der Waals surface area (Å²) in [7, 11) is 0. The van der Waals surface area contributed by atoms with Crippen LogP contribution in [0.1, 0.15) is 46.0 Å². The predicted octanol–water partition coefficient (Wildman–Crippen LogP) is 2.77. The number of nitrogens with one attached hydrogen (secondary N) is 2. The molecular weight excluding hydrogens is 426 g/mol. The largest absolute Gasteiger partial charge is 0.465 e. The van der Waals surface area contributed by atoms with Gasteiger partial charge in [0.25, 0.3) is 5.19 Å². The fourth-order valence-electron chi connectivity index (χ4n) is 3.14. The van der Waals surface area contributed by atoms with E-state index in [9.17, 15) is 9.59 Å². The summed E-state index contributed by atoms with van der Waals surface area (Å²) in [6, 6.07) is 0. The summed E-state index contributed by atoms with van der Waals surface area (Å²) < 4.78 is 5.96. The van der Waals surface area contributed by atoms with Gasteiger partial charge in [-0.25, -0.2) is 0 Å². The van der Waals surface area contributed by atoms with Crippen LogP contribution in [0.5, 0.6) is 5.19 Å². The SMILES string of the molecule is CC(C)C(=O)Nc1nnc(N2CCC(Oc3nnc(NC(=O)C4CCC4)s3)CC2)s1. The maximum Gasteiger partial charge on any atom is 0.296 e. The molecule has 2 amide bonds. The van der Waals surface area contributed by atoms with E-state index in [-0.39, 0.29) is 29.8 Å². The molecular formula is C18H25N7O3S2. The molecule has 2 N–H and O–H groups in total. The monoisotopic (exact) mass is 451 g/mol. The topological polar surface area (TPSA) is 122 Å². The Hall–Kier alpha value is -2.34. The van der Waals surface area contributed by atoms with E-state index in [1.165, 1.54) is 22.7 Å². The van der Waals surface area contributed by atoms with Crippen molar-refractivity contribution in [2.24, 2.45) is 11.8 Å². The van der Waals surface area contributed by atoms with Gasteiger partial charge in [-0.2, -0.15) is 0 Å². The van der Waals surface area contributed by atoms with E-state index >= 15 is 0 Å². The maximum atomic E-state index is 12.0. The molecule has 10 nitrogen and oxygen atoms in total. The lowest BCUT2D eigenvalue weighted by Gasteiger charge is -2.30. The minimum Gasteiger partial charge on any atom is -0.465 e. The average Bonchev–Trinajstić information content (AvgIpc) is 3.30. The zero-order valence-corrected chi connectivity index (χ0v) is 18.6. The van der Waals surface area contributed by atoms with Gasteiger partial charge in [0, 0.05) is 37.8 Å². The molecule has 4 rings (SSSR count). The van der Waals surface area contributed by atoms with Crippen LogP contribution in [0, 0.1) is 11.8 Å². The van der Waals surface area contributed by atoms with Gasteiger partial charge >= 0.3 is 0 Å². The summed E-state index contributed by atoms with van der Waals surface area (Å²) in [5.41, 5.74) is 0. The molecule has 1 aliphatic carbocycles. The van der Waals surface area contributed by atoms with Crippen LogP contribution < -0.4 is 20.3 Å². The summed E-state index contributed by atoms with van der Waals surface area (Å²) in [6.07, 6.45) is 4.69. The van der Waals surface area contributed by atoms with E-state index in [1.54, 1.807) is 0 Å². The molecule has 3 heterocycles. The predicted molar refractivity (Wildman–Crippen MR) is 115 cm³/mol. The molecule has 2 fully saturated rings. The highest BCUT2D eigenvalue weighted by Gasteiger charge is 2.27. The number of carbonyl (C=O) groups is 2. The van der Waals surface area contributed by atoms with Crippen LogP contribution in [0.2, 0.25) is 0 Å². The van der Waals surface area contributed by atoms with Crippen molar-refractivity contribution in [3.05, 3.63) is 0 Å². The van der Waals surface area contributed by atoms with E-state index in [4.69, 9.17) is 4.74 Å².